The number of hydrogen-bond donors (Lipinski definition) is 0. The summed E-state index contributed by atoms with van der Waals surface area (Å²) in [5.74, 6) is 0.398. The Hall–Kier alpha value is -1.90. The fourth-order valence-corrected chi connectivity index (χ4v) is 1.48. The molecule has 1 aromatic carbocycles. The molecule has 0 N–H and O–H groups in total. The van der Waals surface area contributed by atoms with Crippen molar-refractivity contribution in [3.63, 3.8) is 0 Å². The van der Waals surface area contributed by atoms with E-state index in [-0.39, 0.29) is 12.4 Å². The molecule has 88 valence electrons. The van der Waals surface area contributed by atoms with Crippen molar-refractivity contribution in [2.24, 2.45) is 0 Å². The third-order valence-electron chi connectivity index (χ3n) is 2.69. The second-order valence-electron chi connectivity index (χ2n) is 3.97. The minimum absolute atomic E-state index is 0.148. The van der Waals surface area contributed by atoms with Crippen LogP contribution in [0.5, 0.6) is 5.75 Å². The molecular formula is C14H14FNO. The lowest BCUT2D eigenvalue weighted by Gasteiger charge is -2.08. The highest BCUT2D eigenvalue weighted by Gasteiger charge is 2.03. The van der Waals surface area contributed by atoms with E-state index in [2.05, 4.69) is 4.98 Å². The van der Waals surface area contributed by atoms with Crippen LogP contribution in [0.3, 0.4) is 0 Å². The minimum Gasteiger partial charge on any atom is -0.487 e. The van der Waals surface area contributed by atoms with Gasteiger partial charge in [0, 0.05) is 6.20 Å². The van der Waals surface area contributed by atoms with E-state index in [0.717, 1.165) is 11.3 Å². The van der Waals surface area contributed by atoms with Gasteiger partial charge in [0.05, 0.1) is 0 Å². The van der Waals surface area contributed by atoms with E-state index in [0.29, 0.717) is 5.69 Å². The number of pyridine rings is 1. The molecule has 0 radical (unpaired) electrons. The fraction of sp³-hybridized carbons (Fsp3) is 0.214. The predicted molar refractivity (Wildman–Crippen MR) is 64.4 cm³/mol. The quantitative estimate of drug-likeness (QED) is 0.807. The molecule has 1 aromatic heterocycles. The van der Waals surface area contributed by atoms with Crippen LogP contribution in [-0.4, -0.2) is 4.98 Å². The predicted octanol–water partition coefficient (Wildman–Crippen LogP) is 3.42. The second-order valence-corrected chi connectivity index (χ2v) is 3.97. The summed E-state index contributed by atoms with van der Waals surface area (Å²) in [4.78, 5) is 3.93. The molecule has 0 saturated heterocycles. The molecular weight excluding hydrogens is 217 g/mol. The number of aryl methyl sites for hydroxylation is 2. The summed E-state index contributed by atoms with van der Waals surface area (Å²) in [6.07, 6.45) is 1.56. The molecule has 0 atom stereocenters. The molecule has 0 aliphatic carbocycles. The Morgan fingerprint density at radius 1 is 1.18 bits per heavy atom. The first-order valence-electron chi connectivity index (χ1n) is 5.46. The van der Waals surface area contributed by atoms with E-state index in [1.165, 1.54) is 11.6 Å². The topological polar surface area (TPSA) is 22.1 Å². The highest BCUT2D eigenvalue weighted by Crippen LogP contribution is 2.17. The normalized spacial score (nSPS) is 10.3. The molecule has 0 aliphatic heterocycles. The summed E-state index contributed by atoms with van der Waals surface area (Å²) < 4.78 is 18.8. The van der Waals surface area contributed by atoms with Crippen molar-refractivity contribution < 1.29 is 9.13 Å². The summed E-state index contributed by atoms with van der Waals surface area (Å²) in [6, 6.07) is 8.75. The minimum atomic E-state index is -0.337. The lowest BCUT2D eigenvalue weighted by molar-refractivity contribution is 0.294. The zero-order chi connectivity index (χ0) is 12.3. The van der Waals surface area contributed by atoms with Crippen LogP contribution in [0.1, 0.15) is 16.8 Å². The third-order valence-corrected chi connectivity index (χ3v) is 2.69. The van der Waals surface area contributed by atoms with Gasteiger partial charge in [0.25, 0.3) is 0 Å². The molecule has 17 heavy (non-hydrogen) atoms. The van der Waals surface area contributed by atoms with Crippen molar-refractivity contribution >= 4 is 0 Å². The highest BCUT2D eigenvalue weighted by molar-refractivity contribution is 5.33. The summed E-state index contributed by atoms with van der Waals surface area (Å²) in [5.41, 5.74) is 2.69. The molecule has 1 heterocycles. The van der Waals surface area contributed by atoms with E-state index < -0.39 is 0 Å². The van der Waals surface area contributed by atoms with E-state index in [4.69, 9.17) is 4.74 Å². The van der Waals surface area contributed by atoms with Crippen molar-refractivity contribution in [2.75, 3.05) is 0 Å². The average Bonchev–Trinajstić information content (AvgIpc) is 2.32. The molecule has 3 heteroatoms. The number of ether oxygens (including phenoxy) is 1. The Kier molecular flexibility index (Phi) is 3.38. The number of halogens is 1. The molecule has 0 amide bonds. The maximum Gasteiger partial charge on any atom is 0.148 e. The lowest BCUT2D eigenvalue weighted by Crippen LogP contribution is -2.01. The van der Waals surface area contributed by atoms with Gasteiger partial charge in [-0.25, -0.2) is 4.39 Å². The molecule has 2 nitrogen and oxygen atoms in total. The van der Waals surface area contributed by atoms with Gasteiger partial charge in [0.15, 0.2) is 0 Å². The molecule has 0 unspecified atom stereocenters. The van der Waals surface area contributed by atoms with Crippen molar-refractivity contribution in [1.29, 1.82) is 0 Å². The first kappa shape index (κ1) is 11.6. The van der Waals surface area contributed by atoms with Crippen molar-refractivity contribution in [2.45, 2.75) is 20.5 Å². The molecule has 0 spiro atoms. The maximum absolute atomic E-state index is 13.3. The molecule has 0 fully saturated rings. The van der Waals surface area contributed by atoms with Gasteiger partial charge in [-0.1, -0.05) is 6.07 Å². The van der Waals surface area contributed by atoms with Crippen LogP contribution in [-0.2, 0) is 6.61 Å². The summed E-state index contributed by atoms with van der Waals surface area (Å²) in [6.45, 7) is 4.20. The largest absolute Gasteiger partial charge is 0.487 e. The van der Waals surface area contributed by atoms with Crippen molar-refractivity contribution in [3.8, 4) is 5.75 Å². The van der Waals surface area contributed by atoms with Crippen molar-refractivity contribution in [1.82, 2.24) is 4.98 Å². The molecule has 0 saturated carbocycles. The van der Waals surface area contributed by atoms with Gasteiger partial charge in [-0.15, -0.1) is 0 Å². The van der Waals surface area contributed by atoms with Crippen LogP contribution in [0.15, 0.2) is 36.5 Å². The van der Waals surface area contributed by atoms with Crippen LogP contribution in [0.4, 0.5) is 4.39 Å². The van der Waals surface area contributed by atoms with Gasteiger partial charge in [0.2, 0.25) is 0 Å². The summed E-state index contributed by atoms with van der Waals surface area (Å²) in [5, 5.41) is 0. The zero-order valence-corrected chi connectivity index (χ0v) is 9.90. The van der Waals surface area contributed by atoms with E-state index in [1.807, 2.05) is 32.0 Å². The van der Waals surface area contributed by atoms with E-state index in [1.54, 1.807) is 12.3 Å². The smallest absolute Gasteiger partial charge is 0.148 e. The first-order chi connectivity index (χ1) is 8.16. The van der Waals surface area contributed by atoms with Crippen LogP contribution in [0, 0.1) is 19.7 Å². The number of hydrogen-bond acceptors (Lipinski definition) is 2. The molecule has 0 aliphatic rings. The first-order valence-corrected chi connectivity index (χ1v) is 5.46. The van der Waals surface area contributed by atoms with Crippen LogP contribution >= 0.6 is 0 Å². The van der Waals surface area contributed by atoms with Crippen LogP contribution in [0.25, 0.3) is 0 Å². The van der Waals surface area contributed by atoms with Gasteiger partial charge in [-0.05, 0) is 49.2 Å². The third kappa shape index (κ3) is 2.81. The monoisotopic (exact) mass is 231 g/mol. The summed E-state index contributed by atoms with van der Waals surface area (Å²) >= 11 is 0. The molecule has 2 rings (SSSR count). The van der Waals surface area contributed by atoms with Crippen molar-refractivity contribution in [3.05, 3.63) is 59.2 Å². The highest BCUT2D eigenvalue weighted by atomic mass is 19.1. The SMILES string of the molecule is Cc1ccc(OCc2ncccc2F)cc1C. The Morgan fingerprint density at radius 2 is 2.00 bits per heavy atom. The van der Waals surface area contributed by atoms with Gasteiger partial charge in [-0.2, -0.15) is 0 Å². The summed E-state index contributed by atoms with van der Waals surface area (Å²) in [7, 11) is 0. The lowest BCUT2D eigenvalue weighted by atomic mass is 10.1. The van der Waals surface area contributed by atoms with Gasteiger partial charge < -0.3 is 4.74 Å². The molecule has 2 aromatic rings. The standard InChI is InChI=1S/C14H14FNO/c1-10-5-6-12(8-11(10)2)17-9-14-13(15)4-3-7-16-14/h3-8H,9H2,1-2H3. The molecule has 0 bridgehead atoms. The Labute approximate surface area is 100 Å². The van der Waals surface area contributed by atoms with Gasteiger partial charge in [0.1, 0.15) is 23.9 Å². The van der Waals surface area contributed by atoms with Crippen LogP contribution < -0.4 is 4.74 Å². The Balaban J connectivity index is 2.08. The fourth-order valence-electron chi connectivity index (χ4n) is 1.48. The number of nitrogens with zero attached hydrogens (tertiary/aromatic N) is 1. The van der Waals surface area contributed by atoms with Crippen LogP contribution in [0.2, 0.25) is 0 Å². The second kappa shape index (κ2) is 4.95. The van der Waals surface area contributed by atoms with E-state index >= 15 is 0 Å². The zero-order valence-electron chi connectivity index (χ0n) is 9.90. The number of aromatic nitrogens is 1. The number of benzene rings is 1. The maximum atomic E-state index is 13.3. The Morgan fingerprint density at radius 3 is 2.71 bits per heavy atom. The Bertz CT molecular complexity index is 525. The number of rotatable bonds is 3. The average molecular weight is 231 g/mol. The van der Waals surface area contributed by atoms with Gasteiger partial charge in [-0.3, -0.25) is 4.98 Å². The van der Waals surface area contributed by atoms with E-state index in [9.17, 15) is 4.39 Å². The van der Waals surface area contributed by atoms with Gasteiger partial charge >= 0.3 is 0 Å².